The molecule has 0 saturated carbocycles. The minimum atomic E-state index is -5.82. The van der Waals surface area contributed by atoms with Gasteiger partial charge < -0.3 is 4.74 Å². The number of ether oxygens (including phenoxy) is 1. The van der Waals surface area contributed by atoms with E-state index in [4.69, 9.17) is 5.14 Å². The van der Waals surface area contributed by atoms with Crippen molar-refractivity contribution in [2.24, 2.45) is 5.14 Å². The van der Waals surface area contributed by atoms with E-state index in [-0.39, 0.29) is 0 Å². The quantitative estimate of drug-likeness (QED) is 0.850. The van der Waals surface area contributed by atoms with Gasteiger partial charge in [-0.05, 0) is 12.1 Å². The van der Waals surface area contributed by atoms with Gasteiger partial charge in [0.25, 0.3) is 0 Å². The Morgan fingerprint density at radius 2 is 1.84 bits per heavy atom. The number of halogens is 5. The van der Waals surface area contributed by atoms with Crippen molar-refractivity contribution in [3.8, 4) is 5.88 Å². The van der Waals surface area contributed by atoms with E-state index in [1.807, 2.05) is 0 Å². The molecule has 0 spiro atoms. The van der Waals surface area contributed by atoms with E-state index in [1.165, 1.54) is 0 Å². The van der Waals surface area contributed by atoms with Crippen LogP contribution in [0.2, 0.25) is 0 Å². The molecule has 2 N–H and O–H groups in total. The highest BCUT2D eigenvalue weighted by Crippen LogP contribution is 2.36. The van der Waals surface area contributed by atoms with Crippen LogP contribution in [0.4, 0.5) is 22.0 Å². The van der Waals surface area contributed by atoms with Crippen molar-refractivity contribution in [3.63, 3.8) is 0 Å². The Balaban J connectivity index is 2.97. The molecule has 1 aromatic heterocycles. The summed E-state index contributed by atoms with van der Waals surface area (Å²) < 4.78 is 87.0. The van der Waals surface area contributed by atoms with E-state index >= 15 is 0 Å². The lowest BCUT2D eigenvalue weighted by atomic mass is 10.3. The van der Waals surface area contributed by atoms with E-state index in [2.05, 4.69) is 9.72 Å². The van der Waals surface area contributed by atoms with E-state index in [0.717, 1.165) is 18.3 Å². The molecule has 0 saturated heterocycles. The number of primary sulfonamides is 1. The molecule has 0 radical (unpaired) electrons. The molecule has 108 valence electrons. The van der Waals surface area contributed by atoms with Crippen LogP contribution in [0.1, 0.15) is 0 Å². The van der Waals surface area contributed by atoms with Gasteiger partial charge >= 0.3 is 12.1 Å². The average Bonchev–Trinajstić information content (AvgIpc) is 2.24. The zero-order chi connectivity index (χ0) is 14.9. The molecular weight excluding hydrogens is 299 g/mol. The maximum Gasteiger partial charge on any atom is 0.456 e. The van der Waals surface area contributed by atoms with E-state index in [9.17, 15) is 30.4 Å². The number of alkyl halides is 5. The topological polar surface area (TPSA) is 82.3 Å². The number of pyridine rings is 1. The molecular formula is C8H7F5N2O3S. The summed E-state index contributed by atoms with van der Waals surface area (Å²) in [5.41, 5.74) is 0. The normalized spacial score (nSPS) is 13.4. The smallest absolute Gasteiger partial charge is 0.456 e. The van der Waals surface area contributed by atoms with E-state index < -0.39 is 39.5 Å². The van der Waals surface area contributed by atoms with Gasteiger partial charge in [0, 0.05) is 6.20 Å². The zero-order valence-electron chi connectivity index (χ0n) is 8.99. The van der Waals surface area contributed by atoms with Crippen molar-refractivity contribution in [3.05, 3.63) is 18.3 Å². The number of rotatable bonds is 4. The first-order valence-corrected chi connectivity index (χ1v) is 6.05. The van der Waals surface area contributed by atoms with Crippen molar-refractivity contribution in [2.45, 2.75) is 17.0 Å². The van der Waals surface area contributed by atoms with Crippen LogP contribution in [-0.2, 0) is 10.0 Å². The molecule has 19 heavy (non-hydrogen) atoms. The highest BCUT2D eigenvalue weighted by Gasteiger charge is 2.58. The maximum absolute atomic E-state index is 12.6. The number of nitrogens with two attached hydrogens (primary N) is 1. The second kappa shape index (κ2) is 4.89. The molecule has 0 aliphatic heterocycles. The second-order valence-corrected chi connectivity index (χ2v) is 4.87. The summed E-state index contributed by atoms with van der Waals surface area (Å²) in [5.74, 6) is -6.06. The highest BCUT2D eigenvalue weighted by molar-refractivity contribution is 7.89. The van der Waals surface area contributed by atoms with Crippen LogP contribution < -0.4 is 9.88 Å². The minimum absolute atomic E-state index is 0.784. The molecule has 0 amide bonds. The molecule has 0 aliphatic carbocycles. The Morgan fingerprint density at radius 1 is 1.26 bits per heavy atom. The second-order valence-electron chi connectivity index (χ2n) is 3.34. The Hall–Kier alpha value is -1.49. The third-order valence-corrected chi connectivity index (χ3v) is 2.77. The lowest BCUT2D eigenvalue weighted by Gasteiger charge is -2.19. The third-order valence-electron chi connectivity index (χ3n) is 1.85. The maximum atomic E-state index is 12.6. The molecule has 0 unspecified atom stereocenters. The van der Waals surface area contributed by atoms with Crippen molar-refractivity contribution in [2.75, 3.05) is 6.61 Å². The summed E-state index contributed by atoms with van der Waals surface area (Å²) in [6.45, 7) is -2.10. The Morgan fingerprint density at radius 3 is 2.32 bits per heavy atom. The first-order chi connectivity index (χ1) is 8.45. The highest BCUT2D eigenvalue weighted by atomic mass is 32.2. The lowest BCUT2D eigenvalue weighted by Crippen LogP contribution is -2.42. The van der Waals surface area contributed by atoms with Gasteiger partial charge in [-0.15, -0.1) is 0 Å². The summed E-state index contributed by atoms with van der Waals surface area (Å²) in [6, 6.07) is 1.97. The number of sulfonamides is 1. The first kappa shape index (κ1) is 15.6. The van der Waals surface area contributed by atoms with Crippen LogP contribution in [0, 0.1) is 0 Å². The van der Waals surface area contributed by atoms with Crippen LogP contribution in [0.3, 0.4) is 0 Å². The Bertz CT molecular complexity index is 558. The molecule has 0 bridgehead atoms. The largest absolute Gasteiger partial charge is 0.470 e. The molecule has 1 rings (SSSR count). The Kier molecular flexibility index (Phi) is 4.00. The predicted molar refractivity (Wildman–Crippen MR) is 52.1 cm³/mol. The number of nitrogens with zero attached hydrogens (tertiary/aromatic N) is 1. The third kappa shape index (κ3) is 3.73. The number of hydrogen-bond acceptors (Lipinski definition) is 4. The fraction of sp³-hybridized carbons (Fsp3) is 0.375. The molecule has 11 heteroatoms. The molecule has 0 aromatic carbocycles. The molecule has 1 heterocycles. The van der Waals surface area contributed by atoms with Crippen LogP contribution in [0.25, 0.3) is 0 Å². The van der Waals surface area contributed by atoms with Gasteiger partial charge in [-0.25, -0.2) is 18.5 Å². The van der Waals surface area contributed by atoms with Crippen LogP contribution in [-0.4, -0.2) is 32.1 Å². The van der Waals surface area contributed by atoms with Gasteiger partial charge in [-0.2, -0.15) is 22.0 Å². The van der Waals surface area contributed by atoms with Crippen molar-refractivity contribution >= 4 is 10.0 Å². The Labute approximate surface area is 104 Å². The van der Waals surface area contributed by atoms with Gasteiger partial charge in [0.2, 0.25) is 15.9 Å². The molecule has 0 aliphatic rings. The SMILES string of the molecule is NS(=O)(=O)c1cccnc1OCC(F)(F)C(F)(F)F. The number of aromatic nitrogens is 1. The van der Waals surface area contributed by atoms with Gasteiger partial charge in [-0.3, -0.25) is 0 Å². The molecule has 0 fully saturated rings. The standard InChI is InChI=1S/C8H7F5N2O3S/c9-7(10,8(11,12)13)4-18-6-5(19(14,16)17)2-1-3-15-6/h1-3H,4H2,(H2,14,16,17). The van der Waals surface area contributed by atoms with Crippen molar-refractivity contribution in [1.29, 1.82) is 0 Å². The fourth-order valence-corrected chi connectivity index (χ4v) is 1.57. The van der Waals surface area contributed by atoms with Crippen molar-refractivity contribution < 1.29 is 35.1 Å². The summed E-state index contributed by atoms with van der Waals surface area (Å²) in [7, 11) is -4.35. The van der Waals surface area contributed by atoms with Crippen LogP contribution in [0.15, 0.2) is 23.2 Å². The van der Waals surface area contributed by atoms with Crippen LogP contribution >= 0.6 is 0 Å². The van der Waals surface area contributed by atoms with Gasteiger partial charge in [0.15, 0.2) is 6.61 Å². The van der Waals surface area contributed by atoms with E-state index in [0.29, 0.717) is 0 Å². The summed E-state index contributed by atoms with van der Waals surface area (Å²) in [5, 5.41) is 4.73. The summed E-state index contributed by atoms with van der Waals surface area (Å²) >= 11 is 0. The number of hydrogen-bond donors (Lipinski definition) is 1. The van der Waals surface area contributed by atoms with Gasteiger partial charge in [-0.1, -0.05) is 0 Å². The summed E-state index contributed by atoms with van der Waals surface area (Å²) in [4.78, 5) is 2.46. The van der Waals surface area contributed by atoms with E-state index in [1.54, 1.807) is 0 Å². The average molecular weight is 306 g/mol. The summed E-state index contributed by atoms with van der Waals surface area (Å²) in [6.07, 6.45) is -4.86. The monoisotopic (exact) mass is 306 g/mol. The van der Waals surface area contributed by atoms with Crippen LogP contribution in [0.5, 0.6) is 5.88 Å². The fourth-order valence-electron chi connectivity index (χ4n) is 0.942. The first-order valence-electron chi connectivity index (χ1n) is 4.50. The lowest BCUT2D eigenvalue weighted by molar-refractivity contribution is -0.290. The molecule has 5 nitrogen and oxygen atoms in total. The predicted octanol–water partition coefficient (Wildman–Crippen LogP) is 1.31. The van der Waals surface area contributed by atoms with Gasteiger partial charge in [0.05, 0.1) is 0 Å². The van der Waals surface area contributed by atoms with Gasteiger partial charge in [0.1, 0.15) is 4.90 Å². The molecule has 0 atom stereocenters. The van der Waals surface area contributed by atoms with Crippen molar-refractivity contribution in [1.82, 2.24) is 4.98 Å². The minimum Gasteiger partial charge on any atom is -0.470 e. The zero-order valence-corrected chi connectivity index (χ0v) is 9.80. The molecule has 1 aromatic rings.